The minimum atomic E-state index is -1.19. The maximum atomic E-state index is 12.9. The number of nitrogens with zero attached hydrogens (tertiary/aromatic N) is 1. The number of carbonyl (C=O) groups excluding carboxylic acids is 2. The van der Waals surface area contributed by atoms with E-state index in [4.69, 9.17) is 17.2 Å². The molecule has 0 bridgehead atoms. The van der Waals surface area contributed by atoms with Crippen LogP contribution in [0.5, 0.6) is 0 Å². The monoisotopic (exact) mass is 431 g/mol. The number of H-pyrrole nitrogens is 1. The number of fused-ring (bicyclic) bond motifs is 1. The van der Waals surface area contributed by atoms with Crippen LogP contribution in [0.25, 0.3) is 10.9 Å². The molecule has 0 spiro atoms. The average Bonchev–Trinajstić information content (AvgIpc) is 3.12. The summed E-state index contributed by atoms with van der Waals surface area (Å²) in [5.74, 6) is -2.41. The summed E-state index contributed by atoms with van der Waals surface area (Å²) in [5.41, 5.74) is 17.8. The molecule has 11 nitrogen and oxygen atoms in total. The Morgan fingerprint density at radius 3 is 2.45 bits per heavy atom. The molecule has 31 heavy (non-hydrogen) atoms. The number of nitrogens with two attached hydrogens (primary N) is 3. The van der Waals surface area contributed by atoms with E-state index < -0.39 is 35.9 Å². The third-order valence-corrected chi connectivity index (χ3v) is 4.71. The number of carboxylic acids is 1. The quantitative estimate of drug-likeness (QED) is 0.136. The first-order valence-electron chi connectivity index (χ1n) is 9.88. The highest BCUT2D eigenvalue weighted by molar-refractivity contribution is 5.92. The zero-order valence-corrected chi connectivity index (χ0v) is 17.3. The number of aliphatic carboxylic acids is 1. The number of carboxylic acid groups (broad SMARTS) is 1. The Morgan fingerprint density at radius 2 is 1.81 bits per heavy atom. The standard InChI is InChI=1S/C20H29N7O4/c1-11(21)17(28)27-16(9-12-10-25-14-6-3-2-5-13(12)14)18(29)26-15(19(30)31)7-4-8-24-20(22)23/h2-3,5-6,10-11,15-16,25H,4,7-9,21H2,1H3,(H,26,29)(H,27,28)(H,30,31)(H4,22,23,24). The molecule has 168 valence electrons. The molecule has 1 heterocycles. The fourth-order valence-corrected chi connectivity index (χ4v) is 3.07. The Balaban J connectivity index is 2.15. The highest BCUT2D eigenvalue weighted by Crippen LogP contribution is 2.19. The van der Waals surface area contributed by atoms with Crippen molar-refractivity contribution in [3.8, 4) is 0 Å². The van der Waals surface area contributed by atoms with Gasteiger partial charge in [-0.2, -0.15) is 0 Å². The van der Waals surface area contributed by atoms with Crippen molar-refractivity contribution in [3.63, 3.8) is 0 Å². The van der Waals surface area contributed by atoms with E-state index in [2.05, 4.69) is 20.6 Å². The molecule has 2 amide bonds. The highest BCUT2D eigenvalue weighted by Gasteiger charge is 2.28. The van der Waals surface area contributed by atoms with Gasteiger partial charge in [-0.15, -0.1) is 0 Å². The molecular weight excluding hydrogens is 402 g/mol. The van der Waals surface area contributed by atoms with Gasteiger partial charge in [0.1, 0.15) is 12.1 Å². The van der Waals surface area contributed by atoms with Crippen LogP contribution in [-0.4, -0.2) is 58.5 Å². The van der Waals surface area contributed by atoms with Gasteiger partial charge in [0, 0.05) is 30.1 Å². The third-order valence-electron chi connectivity index (χ3n) is 4.71. The zero-order chi connectivity index (χ0) is 23.0. The Labute approximate surface area is 179 Å². The van der Waals surface area contributed by atoms with Crippen molar-refractivity contribution >= 4 is 34.6 Å². The van der Waals surface area contributed by atoms with E-state index in [1.807, 2.05) is 24.3 Å². The summed E-state index contributed by atoms with van der Waals surface area (Å²) >= 11 is 0. The van der Waals surface area contributed by atoms with Crippen molar-refractivity contribution in [2.75, 3.05) is 6.54 Å². The summed E-state index contributed by atoms with van der Waals surface area (Å²) < 4.78 is 0. The number of guanidine groups is 1. The maximum Gasteiger partial charge on any atom is 0.326 e. The van der Waals surface area contributed by atoms with Crippen LogP contribution in [0, 0.1) is 0 Å². The number of hydrogen-bond donors (Lipinski definition) is 7. The normalized spacial score (nSPS) is 13.7. The molecule has 0 saturated heterocycles. The first-order chi connectivity index (χ1) is 14.7. The second-order valence-electron chi connectivity index (χ2n) is 7.26. The number of amides is 2. The van der Waals surface area contributed by atoms with Crippen LogP contribution in [0.1, 0.15) is 25.3 Å². The molecule has 0 radical (unpaired) electrons. The SMILES string of the molecule is CC(N)C(=O)NC(Cc1c[nH]c2ccccc12)C(=O)NC(CCCN=C(N)N)C(=O)O. The van der Waals surface area contributed by atoms with Gasteiger partial charge in [0.2, 0.25) is 11.8 Å². The molecule has 0 fully saturated rings. The molecule has 0 aliphatic heterocycles. The Kier molecular flexibility index (Phi) is 8.38. The van der Waals surface area contributed by atoms with Crippen LogP contribution in [0.2, 0.25) is 0 Å². The maximum absolute atomic E-state index is 12.9. The van der Waals surface area contributed by atoms with Crippen LogP contribution < -0.4 is 27.8 Å². The van der Waals surface area contributed by atoms with Crippen LogP contribution in [-0.2, 0) is 20.8 Å². The number of aromatic amines is 1. The zero-order valence-electron chi connectivity index (χ0n) is 17.3. The molecular formula is C20H29N7O4. The lowest BCUT2D eigenvalue weighted by Crippen LogP contribution is -2.54. The summed E-state index contributed by atoms with van der Waals surface area (Å²) in [6, 6.07) is 4.56. The summed E-state index contributed by atoms with van der Waals surface area (Å²) in [7, 11) is 0. The van der Waals surface area contributed by atoms with Gasteiger partial charge in [0.25, 0.3) is 0 Å². The van der Waals surface area contributed by atoms with Gasteiger partial charge < -0.3 is 37.9 Å². The van der Waals surface area contributed by atoms with E-state index >= 15 is 0 Å². The number of carbonyl (C=O) groups is 3. The van der Waals surface area contributed by atoms with E-state index in [0.717, 1.165) is 16.5 Å². The van der Waals surface area contributed by atoms with Gasteiger partial charge in [-0.05, 0) is 31.4 Å². The second-order valence-corrected chi connectivity index (χ2v) is 7.26. The number of para-hydroxylation sites is 1. The number of rotatable bonds is 11. The molecule has 10 N–H and O–H groups in total. The molecule has 0 aliphatic rings. The topological polar surface area (TPSA) is 202 Å². The lowest BCUT2D eigenvalue weighted by molar-refractivity contribution is -0.142. The van der Waals surface area contributed by atoms with E-state index in [1.54, 1.807) is 6.20 Å². The lowest BCUT2D eigenvalue weighted by Gasteiger charge is -2.22. The average molecular weight is 431 g/mol. The van der Waals surface area contributed by atoms with Crippen molar-refractivity contribution in [2.45, 2.75) is 44.3 Å². The fourth-order valence-electron chi connectivity index (χ4n) is 3.07. The Hall–Kier alpha value is -3.60. The largest absolute Gasteiger partial charge is 0.480 e. The number of aromatic nitrogens is 1. The van der Waals surface area contributed by atoms with Crippen molar-refractivity contribution in [2.24, 2.45) is 22.2 Å². The van der Waals surface area contributed by atoms with Crippen molar-refractivity contribution in [1.82, 2.24) is 15.6 Å². The van der Waals surface area contributed by atoms with Gasteiger partial charge in [0.05, 0.1) is 6.04 Å². The summed E-state index contributed by atoms with van der Waals surface area (Å²) in [5, 5.41) is 15.5. The molecule has 1 aromatic heterocycles. The Morgan fingerprint density at radius 1 is 1.13 bits per heavy atom. The smallest absolute Gasteiger partial charge is 0.326 e. The molecule has 0 aliphatic carbocycles. The summed E-state index contributed by atoms with van der Waals surface area (Å²) in [6.45, 7) is 1.74. The van der Waals surface area contributed by atoms with E-state index in [-0.39, 0.29) is 25.3 Å². The molecule has 0 saturated carbocycles. The van der Waals surface area contributed by atoms with E-state index in [0.29, 0.717) is 6.42 Å². The van der Waals surface area contributed by atoms with Gasteiger partial charge in [-0.25, -0.2) is 4.79 Å². The van der Waals surface area contributed by atoms with Crippen LogP contribution in [0.3, 0.4) is 0 Å². The van der Waals surface area contributed by atoms with Crippen molar-refractivity contribution < 1.29 is 19.5 Å². The molecule has 1 aromatic carbocycles. The molecule has 11 heteroatoms. The lowest BCUT2D eigenvalue weighted by atomic mass is 10.0. The summed E-state index contributed by atoms with van der Waals surface area (Å²) in [6.07, 6.45) is 2.40. The number of benzene rings is 1. The van der Waals surface area contributed by atoms with Gasteiger partial charge in [-0.1, -0.05) is 18.2 Å². The molecule has 2 aromatic rings. The van der Waals surface area contributed by atoms with E-state index in [1.165, 1.54) is 6.92 Å². The summed E-state index contributed by atoms with van der Waals surface area (Å²) in [4.78, 5) is 43.6. The predicted molar refractivity (Wildman–Crippen MR) is 117 cm³/mol. The van der Waals surface area contributed by atoms with Gasteiger partial charge in [-0.3, -0.25) is 14.6 Å². The first-order valence-corrected chi connectivity index (χ1v) is 9.88. The fraction of sp³-hybridized carbons (Fsp3) is 0.400. The van der Waals surface area contributed by atoms with Gasteiger partial charge in [0.15, 0.2) is 5.96 Å². The highest BCUT2D eigenvalue weighted by atomic mass is 16.4. The number of hydrogen-bond acceptors (Lipinski definition) is 5. The third kappa shape index (κ3) is 7.00. The molecule has 3 atom stereocenters. The predicted octanol–water partition coefficient (Wildman–Crippen LogP) is -0.835. The molecule has 2 rings (SSSR count). The van der Waals surface area contributed by atoms with E-state index in [9.17, 15) is 19.5 Å². The molecule has 3 unspecified atom stereocenters. The van der Waals surface area contributed by atoms with Crippen molar-refractivity contribution in [1.29, 1.82) is 0 Å². The second kappa shape index (κ2) is 11.0. The minimum Gasteiger partial charge on any atom is -0.480 e. The van der Waals surface area contributed by atoms with Crippen LogP contribution in [0.4, 0.5) is 0 Å². The van der Waals surface area contributed by atoms with Gasteiger partial charge >= 0.3 is 5.97 Å². The van der Waals surface area contributed by atoms with Crippen molar-refractivity contribution in [3.05, 3.63) is 36.0 Å². The Bertz CT molecular complexity index is 950. The van der Waals surface area contributed by atoms with Crippen LogP contribution in [0.15, 0.2) is 35.5 Å². The first kappa shape index (κ1) is 23.7. The number of nitrogens with one attached hydrogen (secondary N) is 3. The van der Waals surface area contributed by atoms with Crippen LogP contribution >= 0.6 is 0 Å². The number of aliphatic imine (C=N–C) groups is 1. The minimum absolute atomic E-state index is 0.0895.